The van der Waals surface area contributed by atoms with E-state index < -0.39 is 10.1 Å². The van der Waals surface area contributed by atoms with E-state index in [4.69, 9.17) is 6.42 Å². The molecule has 5 nitrogen and oxygen atoms in total. The van der Waals surface area contributed by atoms with Crippen LogP contribution in [0.25, 0.3) is 0 Å². The summed E-state index contributed by atoms with van der Waals surface area (Å²) in [7, 11) is -2.65. The van der Waals surface area contributed by atoms with Crippen molar-refractivity contribution in [3.63, 3.8) is 0 Å². The number of carbonyl (C=O) groups is 1. The van der Waals surface area contributed by atoms with Crippen LogP contribution in [0.4, 0.5) is 0 Å². The van der Waals surface area contributed by atoms with E-state index in [9.17, 15) is 13.2 Å². The van der Waals surface area contributed by atoms with Gasteiger partial charge in [-0.1, -0.05) is 5.92 Å². The largest absolute Gasteiger partial charge is 0.341 e. The highest BCUT2D eigenvalue weighted by atomic mass is 32.2. The minimum atomic E-state index is -3.72. The number of hydrogen-bond acceptors (Lipinski definition) is 4. The highest BCUT2D eigenvalue weighted by Crippen LogP contribution is 2.12. The Morgan fingerprint density at radius 3 is 2.47 bits per heavy atom. The third-order valence-electron chi connectivity index (χ3n) is 1.98. The maximum Gasteiger partial charge on any atom is 0.296 e. The number of carbonyl (C=O) groups excluding carboxylic acids is 1. The minimum absolute atomic E-state index is 0.00602. The molecule has 6 heteroatoms. The van der Waals surface area contributed by atoms with Gasteiger partial charge in [0.05, 0.1) is 18.6 Å². The second-order valence-corrected chi connectivity index (χ2v) is 4.74. The molecule has 0 fully saturated rings. The average Bonchev–Trinajstić information content (AvgIpc) is 2.36. The maximum atomic E-state index is 11.4. The minimum Gasteiger partial charge on any atom is -0.341 e. The molecular formula is C11H11NO4S. The second kappa shape index (κ2) is 5.48. The lowest BCUT2D eigenvalue weighted by atomic mass is 10.2. The van der Waals surface area contributed by atoms with E-state index in [2.05, 4.69) is 15.4 Å². The lowest BCUT2D eigenvalue weighted by Crippen LogP contribution is -2.23. The number of amides is 1. The van der Waals surface area contributed by atoms with Crippen molar-refractivity contribution in [2.75, 3.05) is 13.7 Å². The van der Waals surface area contributed by atoms with Gasteiger partial charge < -0.3 is 5.32 Å². The van der Waals surface area contributed by atoms with Crippen molar-refractivity contribution >= 4 is 16.0 Å². The fourth-order valence-electron chi connectivity index (χ4n) is 1.10. The van der Waals surface area contributed by atoms with Crippen LogP contribution in [0.15, 0.2) is 29.2 Å². The predicted molar refractivity (Wildman–Crippen MR) is 61.8 cm³/mol. The fourth-order valence-corrected chi connectivity index (χ4v) is 1.76. The van der Waals surface area contributed by atoms with Crippen molar-refractivity contribution < 1.29 is 17.4 Å². The summed E-state index contributed by atoms with van der Waals surface area (Å²) in [6, 6.07) is 5.36. The van der Waals surface area contributed by atoms with Crippen molar-refractivity contribution in [2.24, 2.45) is 0 Å². The van der Waals surface area contributed by atoms with Gasteiger partial charge in [-0.2, -0.15) is 8.42 Å². The van der Waals surface area contributed by atoms with Crippen LogP contribution in [0, 0.1) is 12.3 Å². The molecule has 0 aliphatic heterocycles. The molecular weight excluding hydrogens is 242 g/mol. The Morgan fingerprint density at radius 1 is 1.41 bits per heavy atom. The van der Waals surface area contributed by atoms with E-state index in [-0.39, 0.29) is 17.3 Å². The van der Waals surface area contributed by atoms with Crippen LogP contribution in [0.5, 0.6) is 0 Å². The Balaban J connectivity index is 2.90. The SMILES string of the molecule is C#CCNC(=O)c1ccc(S(=O)(=O)OC)cc1. The Bertz CT molecular complexity index is 540. The summed E-state index contributed by atoms with van der Waals surface area (Å²) in [6.07, 6.45) is 4.99. The van der Waals surface area contributed by atoms with Crippen molar-refractivity contribution in [1.82, 2.24) is 5.32 Å². The van der Waals surface area contributed by atoms with E-state index in [1.807, 2.05) is 0 Å². The van der Waals surface area contributed by atoms with Crippen LogP contribution in [0.2, 0.25) is 0 Å². The van der Waals surface area contributed by atoms with Crippen molar-refractivity contribution in [1.29, 1.82) is 0 Å². The summed E-state index contributed by atoms with van der Waals surface area (Å²) in [5.74, 6) is 1.91. The zero-order valence-electron chi connectivity index (χ0n) is 9.14. The zero-order valence-corrected chi connectivity index (χ0v) is 9.95. The molecule has 1 amide bonds. The summed E-state index contributed by atoms with van der Waals surface area (Å²) in [6.45, 7) is 0.122. The highest BCUT2D eigenvalue weighted by Gasteiger charge is 2.13. The second-order valence-electron chi connectivity index (χ2n) is 3.03. The Kier molecular flexibility index (Phi) is 4.26. The van der Waals surface area contributed by atoms with Crippen molar-refractivity contribution in [2.45, 2.75) is 4.90 Å². The number of terminal acetylenes is 1. The standard InChI is InChI=1S/C11H11NO4S/c1-3-8-12-11(13)9-4-6-10(7-5-9)17(14,15)16-2/h1,4-7H,8H2,2H3,(H,12,13). The van der Waals surface area contributed by atoms with Gasteiger partial charge in [-0.15, -0.1) is 6.42 Å². The van der Waals surface area contributed by atoms with Gasteiger partial charge in [-0.3, -0.25) is 8.98 Å². The molecule has 17 heavy (non-hydrogen) atoms. The molecule has 0 saturated carbocycles. The van der Waals surface area contributed by atoms with Crippen molar-refractivity contribution in [3.8, 4) is 12.3 Å². The van der Waals surface area contributed by atoms with Crippen LogP contribution >= 0.6 is 0 Å². The average molecular weight is 253 g/mol. The Labute approximate surface area is 99.9 Å². The molecule has 0 aliphatic rings. The van der Waals surface area contributed by atoms with Gasteiger partial charge in [-0.25, -0.2) is 0 Å². The number of benzene rings is 1. The topological polar surface area (TPSA) is 72.5 Å². The Hall–Kier alpha value is -1.84. The summed E-state index contributed by atoms with van der Waals surface area (Å²) in [5.41, 5.74) is 0.329. The smallest absolute Gasteiger partial charge is 0.296 e. The number of rotatable bonds is 4. The van der Waals surface area contributed by atoms with Crippen LogP contribution in [0.3, 0.4) is 0 Å². The zero-order chi connectivity index (χ0) is 12.9. The molecule has 1 rings (SSSR count). The maximum absolute atomic E-state index is 11.4. The van der Waals surface area contributed by atoms with E-state index in [1.54, 1.807) is 0 Å². The summed E-state index contributed by atoms with van der Waals surface area (Å²) in [4.78, 5) is 11.4. The Morgan fingerprint density at radius 2 is 2.00 bits per heavy atom. The van der Waals surface area contributed by atoms with Gasteiger partial charge in [0.25, 0.3) is 16.0 Å². The molecule has 0 heterocycles. The normalized spacial score (nSPS) is 10.6. The molecule has 0 spiro atoms. The molecule has 1 N–H and O–H groups in total. The predicted octanol–water partition coefficient (Wildman–Crippen LogP) is 0.385. The first kappa shape index (κ1) is 13.2. The van der Waals surface area contributed by atoms with Gasteiger partial charge in [-0.05, 0) is 24.3 Å². The monoisotopic (exact) mass is 253 g/mol. The summed E-state index contributed by atoms with van der Waals surface area (Å²) in [5, 5.41) is 2.47. The first-order chi connectivity index (χ1) is 8.01. The van der Waals surface area contributed by atoms with Crippen LogP contribution < -0.4 is 5.32 Å². The molecule has 0 aromatic heterocycles. The van der Waals surface area contributed by atoms with E-state index in [1.165, 1.54) is 24.3 Å². The number of hydrogen-bond donors (Lipinski definition) is 1. The first-order valence-electron chi connectivity index (χ1n) is 4.63. The molecule has 0 radical (unpaired) electrons. The van der Waals surface area contributed by atoms with E-state index >= 15 is 0 Å². The highest BCUT2D eigenvalue weighted by molar-refractivity contribution is 7.86. The molecule has 1 aromatic rings. The molecule has 0 atom stereocenters. The van der Waals surface area contributed by atoms with Gasteiger partial charge in [0.2, 0.25) is 0 Å². The lowest BCUT2D eigenvalue weighted by Gasteiger charge is -2.03. The van der Waals surface area contributed by atoms with E-state index in [0.29, 0.717) is 5.56 Å². The van der Waals surface area contributed by atoms with Gasteiger partial charge in [0.15, 0.2) is 0 Å². The molecule has 1 aromatic carbocycles. The van der Waals surface area contributed by atoms with Crippen LogP contribution in [-0.4, -0.2) is 28.0 Å². The number of nitrogens with one attached hydrogen (secondary N) is 1. The molecule has 0 aliphatic carbocycles. The third-order valence-corrected chi connectivity index (χ3v) is 3.26. The molecule has 0 saturated heterocycles. The first-order valence-corrected chi connectivity index (χ1v) is 6.04. The van der Waals surface area contributed by atoms with Crippen LogP contribution in [-0.2, 0) is 14.3 Å². The van der Waals surface area contributed by atoms with Gasteiger partial charge >= 0.3 is 0 Å². The fraction of sp³-hybridized carbons (Fsp3) is 0.182. The quantitative estimate of drug-likeness (QED) is 0.622. The summed E-state index contributed by atoms with van der Waals surface area (Å²) >= 11 is 0. The van der Waals surface area contributed by atoms with Gasteiger partial charge in [0.1, 0.15) is 0 Å². The van der Waals surface area contributed by atoms with Crippen molar-refractivity contribution in [3.05, 3.63) is 29.8 Å². The molecule has 90 valence electrons. The third kappa shape index (κ3) is 3.31. The van der Waals surface area contributed by atoms with Gasteiger partial charge in [0, 0.05) is 5.56 Å². The van der Waals surface area contributed by atoms with E-state index in [0.717, 1.165) is 7.11 Å². The molecule has 0 unspecified atom stereocenters. The van der Waals surface area contributed by atoms with Crippen LogP contribution in [0.1, 0.15) is 10.4 Å². The summed E-state index contributed by atoms with van der Waals surface area (Å²) < 4.78 is 26.9. The lowest BCUT2D eigenvalue weighted by molar-refractivity contribution is 0.0958. The molecule has 0 bridgehead atoms.